The lowest BCUT2D eigenvalue weighted by atomic mass is 9.87. The molecule has 1 aliphatic carbocycles. The second-order valence-corrected chi connectivity index (χ2v) is 7.28. The molecule has 2 rings (SSSR count). The molecule has 2 fully saturated rings. The molecule has 3 atom stereocenters. The third-order valence-electron chi connectivity index (χ3n) is 4.03. The van der Waals surface area contributed by atoms with Gasteiger partial charge in [0.1, 0.15) is 10.4 Å². The van der Waals surface area contributed by atoms with Gasteiger partial charge in [0.05, 0.1) is 12.2 Å². The minimum absolute atomic E-state index is 0.418. The summed E-state index contributed by atoms with van der Waals surface area (Å²) in [5.74, 6) is 0.505. The maximum atomic E-state index is 9.64. The van der Waals surface area contributed by atoms with Gasteiger partial charge in [0.2, 0.25) is 0 Å². The second kappa shape index (κ2) is 5.81. The molecule has 0 aromatic rings. The van der Waals surface area contributed by atoms with E-state index in [1.54, 1.807) is 0 Å². The van der Waals surface area contributed by atoms with Crippen molar-refractivity contribution in [3.63, 3.8) is 0 Å². The Hall–Kier alpha value is 0.420. The van der Waals surface area contributed by atoms with Crippen LogP contribution in [-0.2, 0) is 0 Å². The number of aliphatic hydroxyl groups is 3. The highest BCUT2D eigenvalue weighted by Gasteiger charge is 2.36. The van der Waals surface area contributed by atoms with E-state index in [4.69, 9.17) is 23.2 Å². The van der Waals surface area contributed by atoms with E-state index < -0.39 is 22.6 Å². The fourth-order valence-electron chi connectivity index (χ4n) is 2.87. The summed E-state index contributed by atoms with van der Waals surface area (Å²) in [6, 6.07) is 0. The van der Waals surface area contributed by atoms with Gasteiger partial charge in [-0.3, -0.25) is 4.90 Å². The van der Waals surface area contributed by atoms with Gasteiger partial charge in [-0.15, -0.1) is 23.2 Å². The maximum Gasteiger partial charge on any atom is 0.118 e. The smallest absolute Gasteiger partial charge is 0.118 e. The lowest BCUT2D eigenvalue weighted by Crippen LogP contribution is -2.56. The molecule has 106 valence electrons. The predicted molar refractivity (Wildman–Crippen MR) is 70.9 cm³/mol. The Morgan fingerprint density at radius 2 is 1.50 bits per heavy atom. The second-order valence-electron chi connectivity index (χ2n) is 5.64. The van der Waals surface area contributed by atoms with Crippen molar-refractivity contribution >= 4 is 23.2 Å². The monoisotopic (exact) mass is 297 g/mol. The van der Waals surface area contributed by atoms with Crippen LogP contribution in [0.1, 0.15) is 25.7 Å². The number of likely N-dealkylation sites (tertiary alicyclic amines) is 1. The van der Waals surface area contributed by atoms with E-state index >= 15 is 0 Å². The normalized spacial score (nSPS) is 38.8. The summed E-state index contributed by atoms with van der Waals surface area (Å²) < 4.78 is -0.576. The van der Waals surface area contributed by atoms with E-state index in [0.717, 1.165) is 32.2 Å². The molecular weight excluding hydrogens is 277 g/mol. The molecule has 0 aromatic carbocycles. The van der Waals surface area contributed by atoms with Gasteiger partial charge in [0, 0.05) is 19.6 Å². The lowest BCUT2D eigenvalue weighted by molar-refractivity contribution is -0.112. The first kappa shape index (κ1) is 14.8. The number of rotatable bonds is 2. The molecule has 0 aromatic heterocycles. The van der Waals surface area contributed by atoms with Crippen LogP contribution in [0.15, 0.2) is 0 Å². The zero-order valence-corrected chi connectivity index (χ0v) is 11.8. The Balaban J connectivity index is 1.80. The number of hydrogen-bond acceptors (Lipinski definition) is 4. The number of β-amino-alcohol motifs (C(OH)–C–C–N with tert-alkyl or cyclic N) is 2. The number of hydrogen-bond donors (Lipinski definition) is 3. The van der Waals surface area contributed by atoms with Crippen molar-refractivity contribution in [3.05, 3.63) is 0 Å². The minimum atomic E-state index is -1.02. The third kappa shape index (κ3) is 3.71. The summed E-state index contributed by atoms with van der Waals surface area (Å²) in [7, 11) is 0. The van der Waals surface area contributed by atoms with Gasteiger partial charge in [-0.2, -0.15) is 0 Å². The van der Waals surface area contributed by atoms with Gasteiger partial charge >= 0.3 is 0 Å². The SMILES string of the molecule is OC1[C@H](O)CN(CC2CCC(Cl)(Cl)CC2)C[C@@H]1O. The molecule has 0 spiro atoms. The van der Waals surface area contributed by atoms with Gasteiger partial charge in [0.15, 0.2) is 0 Å². The molecule has 0 radical (unpaired) electrons. The van der Waals surface area contributed by atoms with Gasteiger partial charge in [-0.1, -0.05) is 0 Å². The van der Waals surface area contributed by atoms with Crippen LogP contribution < -0.4 is 0 Å². The molecule has 0 bridgehead atoms. The number of nitrogens with zero attached hydrogens (tertiary/aromatic N) is 1. The summed E-state index contributed by atoms with van der Waals surface area (Å²) in [5.41, 5.74) is 0. The van der Waals surface area contributed by atoms with Crippen LogP contribution in [0.4, 0.5) is 0 Å². The Morgan fingerprint density at radius 1 is 1.00 bits per heavy atom. The van der Waals surface area contributed by atoms with Crippen LogP contribution in [0, 0.1) is 5.92 Å². The standard InChI is InChI=1S/C12H21Cl2NO3/c13-12(14)3-1-8(2-4-12)5-15-6-9(16)11(18)10(17)7-15/h8-11,16-18H,1-7H2/t9-,10+,11?. The van der Waals surface area contributed by atoms with Crippen LogP contribution in [0.25, 0.3) is 0 Å². The first-order valence-electron chi connectivity index (χ1n) is 6.52. The van der Waals surface area contributed by atoms with Crippen molar-refractivity contribution in [1.29, 1.82) is 0 Å². The van der Waals surface area contributed by atoms with Crippen molar-refractivity contribution in [2.45, 2.75) is 48.3 Å². The van der Waals surface area contributed by atoms with Crippen LogP contribution in [-0.4, -0.2) is 62.5 Å². The highest BCUT2D eigenvalue weighted by atomic mass is 35.5. The van der Waals surface area contributed by atoms with Crippen molar-refractivity contribution in [1.82, 2.24) is 4.90 Å². The summed E-state index contributed by atoms with van der Waals surface area (Å²) in [6.45, 7) is 1.66. The van der Waals surface area contributed by atoms with Crippen LogP contribution >= 0.6 is 23.2 Å². The molecule has 1 saturated carbocycles. The molecule has 1 aliphatic heterocycles. The number of halogens is 2. The van der Waals surface area contributed by atoms with Gasteiger partial charge in [-0.05, 0) is 31.6 Å². The van der Waals surface area contributed by atoms with E-state index in [9.17, 15) is 15.3 Å². The third-order valence-corrected chi connectivity index (χ3v) is 4.79. The Morgan fingerprint density at radius 3 is 2.00 bits per heavy atom. The Kier molecular flexibility index (Phi) is 4.79. The highest BCUT2D eigenvalue weighted by molar-refractivity contribution is 6.48. The first-order valence-corrected chi connectivity index (χ1v) is 7.27. The zero-order chi connectivity index (χ0) is 13.3. The van der Waals surface area contributed by atoms with Crippen LogP contribution in [0.5, 0.6) is 0 Å². The van der Waals surface area contributed by atoms with E-state index in [1.165, 1.54) is 0 Å². The molecule has 1 heterocycles. The largest absolute Gasteiger partial charge is 0.389 e. The topological polar surface area (TPSA) is 63.9 Å². The molecule has 4 nitrogen and oxygen atoms in total. The number of aliphatic hydroxyl groups excluding tert-OH is 3. The van der Waals surface area contributed by atoms with Crippen molar-refractivity contribution in [2.24, 2.45) is 5.92 Å². The molecule has 6 heteroatoms. The number of piperidine rings is 1. The van der Waals surface area contributed by atoms with Crippen molar-refractivity contribution in [3.8, 4) is 0 Å². The minimum Gasteiger partial charge on any atom is -0.389 e. The molecule has 2 aliphatic rings. The van der Waals surface area contributed by atoms with Crippen LogP contribution in [0.3, 0.4) is 0 Å². The molecule has 0 amide bonds. The average Bonchev–Trinajstić information content (AvgIpc) is 2.29. The predicted octanol–water partition coefficient (Wildman–Crippen LogP) is 0.749. The van der Waals surface area contributed by atoms with E-state index in [-0.39, 0.29) is 0 Å². The zero-order valence-electron chi connectivity index (χ0n) is 10.3. The summed E-state index contributed by atoms with van der Waals surface area (Å²) in [5, 5.41) is 28.8. The molecule has 3 N–H and O–H groups in total. The Bertz CT molecular complexity index is 268. The Labute approximate surface area is 117 Å². The van der Waals surface area contributed by atoms with Gasteiger partial charge in [-0.25, -0.2) is 0 Å². The van der Waals surface area contributed by atoms with Crippen molar-refractivity contribution in [2.75, 3.05) is 19.6 Å². The quantitative estimate of drug-likeness (QED) is 0.658. The summed E-state index contributed by atoms with van der Waals surface area (Å²) >= 11 is 12.2. The maximum absolute atomic E-state index is 9.64. The molecular formula is C12H21Cl2NO3. The molecule has 1 saturated heterocycles. The summed E-state index contributed by atoms with van der Waals surface area (Å²) in [6.07, 6.45) is 0.780. The average molecular weight is 298 g/mol. The van der Waals surface area contributed by atoms with Crippen LogP contribution in [0.2, 0.25) is 0 Å². The van der Waals surface area contributed by atoms with E-state index in [2.05, 4.69) is 0 Å². The fraction of sp³-hybridized carbons (Fsp3) is 1.00. The fourth-order valence-corrected chi connectivity index (χ4v) is 3.31. The molecule has 1 unspecified atom stereocenters. The van der Waals surface area contributed by atoms with Gasteiger partial charge in [0.25, 0.3) is 0 Å². The van der Waals surface area contributed by atoms with E-state index in [0.29, 0.717) is 19.0 Å². The van der Waals surface area contributed by atoms with Crippen molar-refractivity contribution < 1.29 is 15.3 Å². The lowest BCUT2D eigenvalue weighted by Gasteiger charge is -2.40. The van der Waals surface area contributed by atoms with E-state index in [1.807, 2.05) is 4.90 Å². The highest BCUT2D eigenvalue weighted by Crippen LogP contribution is 2.40. The van der Waals surface area contributed by atoms with Gasteiger partial charge < -0.3 is 15.3 Å². The summed E-state index contributed by atoms with van der Waals surface area (Å²) in [4.78, 5) is 2.02. The molecule has 18 heavy (non-hydrogen) atoms. The number of alkyl halides is 2. The first-order chi connectivity index (χ1) is 8.37.